The molecule has 2 aromatic carbocycles. The standard InChI is InChI=1S/C23H27N5O2/c1-15-8-7-9-18(12-15)21(26-23(24)30)13-22(29)25-14-20-16(2)27-28(17(20)3)19-10-5-4-6-11-19/h4-12,21H,13-14H2,1-3H3,(H,25,29)(H3,24,26,30). The van der Waals surface area contributed by atoms with Crippen LogP contribution in [0.25, 0.3) is 5.69 Å². The van der Waals surface area contributed by atoms with Gasteiger partial charge in [0.1, 0.15) is 0 Å². The van der Waals surface area contributed by atoms with Crippen molar-refractivity contribution >= 4 is 11.9 Å². The maximum absolute atomic E-state index is 12.6. The fraction of sp³-hybridized carbons (Fsp3) is 0.261. The van der Waals surface area contributed by atoms with Gasteiger partial charge in [-0.05, 0) is 38.5 Å². The fourth-order valence-electron chi connectivity index (χ4n) is 3.51. The molecule has 1 unspecified atom stereocenters. The molecule has 0 fully saturated rings. The minimum Gasteiger partial charge on any atom is -0.352 e. The van der Waals surface area contributed by atoms with Crippen LogP contribution in [0.2, 0.25) is 0 Å². The van der Waals surface area contributed by atoms with Crippen LogP contribution >= 0.6 is 0 Å². The zero-order chi connectivity index (χ0) is 21.7. The molecule has 0 aliphatic carbocycles. The van der Waals surface area contributed by atoms with E-state index < -0.39 is 12.1 Å². The van der Waals surface area contributed by atoms with Crippen molar-refractivity contribution in [3.63, 3.8) is 0 Å². The summed E-state index contributed by atoms with van der Waals surface area (Å²) in [7, 11) is 0. The van der Waals surface area contributed by atoms with Crippen LogP contribution in [0.1, 0.15) is 40.5 Å². The molecule has 0 saturated heterocycles. The van der Waals surface area contributed by atoms with E-state index in [9.17, 15) is 9.59 Å². The molecular weight excluding hydrogens is 378 g/mol. The lowest BCUT2D eigenvalue weighted by Crippen LogP contribution is -2.36. The van der Waals surface area contributed by atoms with Gasteiger partial charge in [-0.25, -0.2) is 9.48 Å². The van der Waals surface area contributed by atoms with Crippen LogP contribution in [0.3, 0.4) is 0 Å². The Kier molecular flexibility index (Phi) is 6.51. The number of aromatic nitrogens is 2. The number of rotatable bonds is 7. The number of primary amides is 1. The number of para-hydroxylation sites is 1. The number of hydrogen-bond donors (Lipinski definition) is 3. The summed E-state index contributed by atoms with van der Waals surface area (Å²) in [6.07, 6.45) is 0.0946. The molecule has 30 heavy (non-hydrogen) atoms. The number of amides is 3. The normalized spacial score (nSPS) is 11.7. The Morgan fingerprint density at radius 1 is 1.07 bits per heavy atom. The van der Waals surface area contributed by atoms with Crippen molar-refractivity contribution in [1.29, 1.82) is 0 Å². The summed E-state index contributed by atoms with van der Waals surface area (Å²) in [5, 5.41) is 10.2. The average molecular weight is 406 g/mol. The Morgan fingerprint density at radius 3 is 2.47 bits per heavy atom. The van der Waals surface area contributed by atoms with Crippen LogP contribution < -0.4 is 16.4 Å². The fourth-order valence-corrected chi connectivity index (χ4v) is 3.51. The van der Waals surface area contributed by atoms with Crippen molar-refractivity contribution in [2.75, 3.05) is 0 Å². The zero-order valence-corrected chi connectivity index (χ0v) is 17.5. The average Bonchev–Trinajstić information content (AvgIpc) is 3.00. The third-order valence-corrected chi connectivity index (χ3v) is 5.05. The third kappa shape index (κ3) is 5.05. The van der Waals surface area contributed by atoms with E-state index in [-0.39, 0.29) is 12.3 Å². The van der Waals surface area contributed by atoms with Gasteiger partial charge in [-0.3, -0.25) is 4.79 Å². The minimum atomic E-state index is -0.662. The Hall–Kier alpha value is -3.61. The molecule has 3 aromatic rings. The van der Waals surface area contributed by atoms with Crippen molar-refractivity contribution in [2.24, 2.45) is 5.73 Å². The number of nitrogens with one attached hydrogen (secondary N) is 2. The lowest BCUT2D eigenvalue weighted by atomic mass is 10.0. The summed E-state index contributed by atoms with van der Waals surface area (Å²) in [5.41, 5.74) is 11.0. The van der Waals surface area contributed by atoms with E-state index in [1.807, 2.05) is 80.1 Å². The first-order valence-electron chi connectivity index (χ1n) is 9.85. The van der Waals surface area contributed by atoms with Crippen LogP contribution in [0.4, 0.5) is 4.79 Å². The van der Waals surface area contributed by atoms with Gasteiger partial charge in [0.25, 0.3) is 0 Å². The van der Waals surface area contributed by atoms with Crippen LogP contribution in [0.5, 0.6) is 0 Å². The van der Waals surface area contributed by atoms with Crippen LogP contribution in [0.15, 0.2) is 54.6 Å². The lowest BCUT2D eigenvalue weighted by molar-refractivity contribution is -0.121. The molecule has 1 aromatic heterocycles. The highest BCUT2D eigenvalue weighted by Crippen LogP contribution is 2.20. The quantitative estimate of drug-likeness (QED) is 0.562. The molecule has 4 N–H and O–H groups in total. The predicted octanol–water partition coefficient (Wildman–Crippen LogP) is 3.21. The van der Waals surface area contributed by atoms with E-state index in [4.69, 9.17) is 5.73 Å². The summed E-state index contributed by atoms with van der Waals surface area (Å²) in [6, 6.07) is 16.4. The molecule has 0 radical (unpaired) electrons. The second kappa shape index (κ2) is 9.26. The van der Waals surface area contributed by atoms with Crippen LogP contribution in [0, 0.1) is 20.8 Å². The van der Waals surface area contributed by atoms with Crippen molar-refractivity contribution in [3.05, 3.63) is 82.7 Å². The lowest BCUT2D eigenvalue weighted by Gasteiger charge is -2.18. The molecular formula is C23H27N5O2. The number of carbonyl (C=O) groups is 2. The number of nitrogens with zero attached hydrogens (tertiary/aromatic N) is 2. The topological polar surface area (TPSA) is 102 Å². The van der Waals surface area contributed by atoms with Gasteiger partial charge in [-0.1, -0.05) is 48.0 Å². The first-order valence-corrected chi connectivity index (χ1v) is 9.85. The molecule has 3 amide bonds. The first kappa shape index (κ1) is 21.1. The highest BCUT2D eigenvalue weighted by atomic mass is 16.2. The molecule has 0 bridgehead atoms. The summed E-state index contributed by atoms with van der Waals surface area (Å²) >= 11 is 0. The number of carbonyl (C=O) groups excluding carboxylic acids is 2. The molecule has 3 rings (SSSR count). The third-order valence-electron chi connectivity index (χ3n) is 5.05. The number of urea groups is 1. The van der Waals surface area contributed by atoms with Crippen LogP contribution in [-0.2, 0) is 11.3 Å². The minimum absolute atomic E-state index is 0.0946. The molecule has 1 atom stereocenters. The van der Waals surface area contributed by atoms with Crippen molar-refractivity contribution in [2.45, 2.75) is 39.8 Å². The van der Waals surface area contributed by atoms with E-state index >= 15 is 0 Å². The number of aryl methyl sites for hydroxylation is 2. The van der Waals surface area contributed by atoms with Gasteiger partial charge >= 0.3 is 6.03 Å². The summed E-state index contributed by atoms with van der Waals surface area (Å²) < 4.78 is 1.88. The van der Waals surface area contributed by atoms with Gasteiger partial charge in [-0.2, -0.15) is 5.10 Å². The number of benzene rings is 2. The summed E-state index contributed by atoms with van der Waals surface area (Å²) in [5.74, 6) is -0.179. The van der Waals surface area contributed by atoms with Crippen molar-refractivity contribution < 1.29 is 9.59 Å². The van der Waals surface area contributed by atoms with E-state index in [1.165, 1.54) is 0 Å². The van der Waals surface area contributed by atoms with Gasteiger partial charge < -0.3 is 16.4 Å². The highest BCUT2D eigenvalue weighted by Gasteiger charge is 2.19. The molecule has 156 valence electrons. The molecule has 7 heteroatoms. The largest absolute Gasteiger partial charge is 0.352 e. The summed E-state index contributed by atoms with van der Waals surface area (Å²) in [4.78, 5) is 24.1. The molecule has 7 nitrogen and oxygen atoms in total. The first-order chi connectivity index (χ1) is 14.3. The molecule has 0 spiro atoms. The van der Waals surface area contributed by atoms with Crippen LogP contribution in [-0.4, -0.2) is 21.7 Å². The number of nitrogens with two attached hydrogens (primary N) is 1. The Labute approximate surface area is 176 Å². The van der Waals surface area contributed by atoms with E-state index in [1.54, 1.807) is 0 Å². The highest BCUT2D eigenvalue weighted by molar-refractivity contribution is 5.78. The Morgan fingerprint density at radius 2 is 1.80 bits per heavy atom. The van der Waals surface area contributed by atoms with Crippen molar-refractivity contribution in [3.8, 4) is 5.69 Å². The Bertz CT molecular complexity index is 1040. The van der Waals surface area contributed by atoms with Gasteiger partial charge in [0.15, 0.2) is 0 Å². The summed E-state index contributed by atoms with van der Waals surface area (Å²) in [6.45, 7) is 6.23. The van der Waals surface area contributed by atoms with Gasteiger partial charge in [0.2, 0.25) is 5.91 Å². The Balaban J connectivity index is 1.70. The maximum atomic E-state index is 12.6. The molecule has 1 heterocycles. The van der Waals surface area contributed by atoms with E-state index in [0.29, 0.717) is 6.54 Å². The number of hydrogen-bond acceptors (Lipinski definition) is 3. The molecule has 0 saturated carbocycles. The maximum Gasteiger partial charge on any atom is 0.312 e. The molecule has 0 aliphatic heterocycles. The molecule has 0 aliphatic rings. The van der Waals surface area contributed by atoms with Gasteiger partial charge in [-0.15, -0.1) is 0 Å². The predicted molar refractivity (Wildman–Crippen MR) is 116 cm³/mol. The van der Waals surface area contributed by atoms with Gasteiger partial charge in [0, 0.05) is 17.8 Å². The monoisotopic (exact) mass is 405 g/mol. The van der Waals surface area contributed by atoms with Crippen molar-refractivity contribution in [1.82, 2.24) is 20.4 Å². The smallest absolute Gasteiger partial charge is 0.312 e. The van der Waals surface area contributed by atoms with E-state index in [2.05, 4.69) is 15.7 Å². The van der Waals surface area contributed by atoms with Gasteiger partial charge in [0.05, 0.1) is 23.8 Å². The second-order valence-electron chi connectivity index (χ2n) is 7.35. The zero-order valence-electron chi connectivity index (χ0n) is 17.5. The SMILES string of the molecule is Cc1cccc(C(CC(=O)NCc2c(C)nn(-c3ccccc3)c2C)NC(N)=O)c1. The van der Waals surface area contributed by atoms with E-state index in [0.717, 1.165) is 33.8 Å². The second-order valence-corrected chi connectivity index (χ2v) is 7.35.